The predicted octanol–water partition coefficient (Wildman–Crippen LogP) is 14.1. The van der Waals surface area contributed by atoms with Gasteiger partial charge in [-0.1, -0.05) is 158 Å². The van der Waals surface area contributed by atoms with E-state index in [1.165, 1.54) is 86.6 Å². The number of hydrogen-bond donors (Lipinski definition) is 0. The van der Waals surface area contributed by atoms with E-state index in [-0.39, 0.29) is 5.41 Å². The summed E-state index contributed by atoms with van der Waals surface area (Å²) < 4.78 is 2.50. The number of aromatic nitrogens is 1. The summed E-state index contributed by atoms with van der Waals surface area (Å²) in [5.41, 5.74) is 14.7. The second-order valence-electron chi connectivity index (χ2n) is 14.7. The van der Waals surface area contributed by atoms with Crippen molar-refractivity contribution < 1.29 is 0 Å². The van der Waals surface area contributed by atoms with Crippen molar-refractivity contribution in [1.29, 1.82) is 0 Å². The highest BCUT2D eigenvalue weighted by Crippen LogP contribution is 2.63. The SMILES string of the molecule is c1ccc(-c2ccc(N(c3ccc4c(c3)-c3ccccc3C43c4ccccc4-c4ccccc43)c3cc4c(cn3)sc3c5ccccc5ccc43)cc2)cc1. The summed E-state index contributed by atoms with van der Waals surface area (Å²) in [5.74, 6) is 0.894. The van der Waals surface area contributed by atoms with Crippen LogP contribution in [0.2, 0.25) is 0 Å². The molecule has 2 aliphatic carbocycles. The number of fused-ring (bicyclic) bond motifs is 15. The van der Waals surface area contributed by atoms with Crippen molar-refractivity contribution in [2.45, 2.75) is 5.41 Å². The molecule has 0 aliphatic heterocycles. The lowest BCUT2D eigenvalue weighted by Crippen LogP contribution is -2.25. The number of thiophene rings is 1. The fourth-order valence-corrected chi connectivity index (χ4v) is 10.8. The van der Waals surface area contributed by atoms with Crippen LogP contribution >= 0.6 is 11.3 Å². The number of benzene rings is 8. The smallest absolute Gasteiger partial charge is 0.138 e. The summed E-state index contributed by atoms with van der Waals surface area (Å²) in [5, 5.41) is 5.05. The number of nitrogens with zero attached hydrogens (tertiary/aromatic N) is 2. The van der Waals surface area contributed by atoms with Crippen LogP contribution in [0.5, 0.6) is 0 Å². The van der Waals surface area contributed by atoms with Gasteiger partial charge in [0.15, 0.2) is 0 Å². The number of hydrogen-bond acceptors (Lipinski definition) is 3. The maximum atomic E-state index is 5.22. The second kappa shape index (κ2) is 11.6. The molecule has 2 heterocycles. The summed E-state index contributed by atoms with van der Waals surface area (Å²) in [6.45, 7) is 0. The average molecular weight is 717 g/mol. The molecule has 0 amide bonds. The lowest BCUT2D eigenvalue weighted by Gasteiger charge is -2.31. The van der Waals surface area contributed by atoms with E-state index in [9.17, 15) is 0 Å². The molecule has 256 valence electrons. The van der Waals surface area contributed by atoms with E-state index >= 15 is 0 Å². The Kier molecular flexibility index (Phi) is 6.46. The molecule has 0 saturated carbocycles. The van der Waals surface area contributed by atoms with Crippen LogP contribution in [0.1, 0.15) is 22.3 Å². The first kappa shape index (κ1) is 30.6. The zero-order valence-electron chi connectivity index (χ0n) is 29.8. The van der Waals surface area contributed by atoms with E-state index in [0.717, 1.165) is 17.2 Å². The third-order valence-corrected chi connectivity index (χ3v) is 13.1. The highest BCUT2D eigenvalue weighted by atomic mass is 32.1. The lowest BCUT2D eigenvalue weighted by atomic mass is 9.70. The molecule has 0 saturated heterocycles. The largest absolute Gasteiger partial charge is 0.295 e. The van der Waals surface area contributed by atoms with Gasteiger partial charge in [0.1, 0.15) is 5.82 Å². The van der Waals surface area contributed by atoms with Gasteiger partial charge >= 0.3 is 0 Å². The first-order valence-electron chi connectivity index (χ1n) is 18.9. The first-order chi connectivity index (χ1) is 27.3. The van der Waals surface area contributed by atoms with Gasteiger partial charge in [0, 0.05) is 33.0 Å². The Morgan fingerprint density at radius 2 is 1.00 bits per heavy atom. The summed E-state index contributed by atoms with van der Waals surface area (Å²) >= 11 is 1.83. The quantitative estimate of drug-likeness (QED) is 0.180. The Hall–Kier alpha value is -6.81. The maximum absolute atomic E-state index is 5.22. The fourth-order valence-electron chi connectivity index (χ4n) is 9.59. The zero-order chi connectivity index (χ0) is 36.1. The molecule has 8 aromatic carbocycles. The van der Waals surface area contributed by atoms with Crippen LogP contribution in [0.25, 0.3) is 64.3 Å². The molecule has 0 unspecified atom stereocenters. The molecule has 1 spiro atoms. The van der Waals surface area contributed by atoms with Gasteiger partial charge in [-0.3, -0.25) is 4.90 Å². The minimum atomic E-state index is -0.380. The Labute approximate surface area is 323 Å². The Bertz CT molecular complexity index is 3110. The molecule has 2 aromatic heterocycles. The predicted molar refractivity (Wildman–Crippen MR) is 231 cm³/mol. The van der Waals surface area contributed by atoms with Gasteiger partial charge in [0.2, 0.25) is 0 Å². The number of anilines is 3. The molecule has 0 fully saturated rings. The molecule has 0 N–H and O–H groups in total. The van der Waals surface area contributed by atoms with Crippen LogP contribution in [-0.2, 0) is 5.41 Å². The third kappa shape index (κ3) is 4.27. The number of rotatable bonds is 4. The summed E-state index contributed by atoms with van der Waals surface area (Å²) in [7, 11) is 0. The van der Waals surface area contributed by atoms with E-state index in [0.29, 0.717) is 0 Å². The van der Waals surface area contributed by atoms with E-state index in [2.05, 4.69) is 199 Å². The van der Waals surface area contributed by atoms with E-state index in [4.69, 9.17) is 4.98 Å². The van der Waals surface area contributed by atoms with Gasteiger partial charge in [-0.2, -0.15) is 0 Å². The molecule has 3 heteroatoms. The van der Waals surface area contributed by atoms with Crippen molar-refractivity contribution in [2.24, 2.45) is 0 Å². The average Bonchev–Trinajstić information content (AvgIpc) is 3.88. The van der Waals surface area contributed by atoms with Crippen molar-refractivity contribution >= 4 is 59.5 Å². The molecule has 0 radical (unpaired) electrons. The van der Waals surface area contributed by atoms with Crippen LogP contribution in [0, 0.1) is 0 Å². The Balaban J connectivity index is 1.09. The summed E-state index contributed by atoms with van der Waals surface area (Å²) in [6.07, 6.45) is 2.07. The third-order valence-electron chi connectivity index (χ3n) is 11.9. The molecule has 2 aliphatic rings. The van der Waals surface area contributed by atoms with Crippen molar-refractivity contribution in [3.8, 4) is 33.4 Å². The van der Waals surface area contributed by atoms with Gasteiger partial charge in [-0.05, 0) is 96.7 Å². The first-order valence-corrected chi connectivity index (χ1v) is 19.7. The van der Waals surface area contributed by atoms with Crippen LogP contribution in [0.15, 0.2) is 194 Å². The second-order valence-corrected chi connectivity index (χ2v) is 15.7. The number of pyridine rings is 1. The minimum absolute atomic E-state index is 0.380. The van der Waals surface area contributed by atoms with Gasteiger partial charge in [-0.15, -0.1) is 11.3 Å². The van der Waals surface area contributed by atoms with Crippen molar-refractivity contribution in [1.82, 2.24) is 4.98 Å². The van der Waals surface area contributed by atoms with E-state index < -0.39 is 0 Å². The van der Waals surface area contributed by atoms with Crippen LogP contribution in [0.4, 0.5) is 17.2 Å². The van der Waals surface area contributed by atoms with Crippen molar-refractivity contribution in [3.05, 3.63) is 217 Å². The minimum Gasteiger partial charge on any atom is -0.295 e. The normalized spacial score (nSPS) is 13.2. The van der Waals surface area contributed by atoms with Gasteiger partial charge in [0.05, 0.1) is 10.1 Å². The molecule has 0 bridgehead atoms. The zero-order valence-corrected chi connectivity index (χ0v) is 30.6. The highest BCUT2D eigenvalue weighted by Gasteiger charge is 2.51. The maximum Gasteiger partial charge on any atom is 0.138 e. The topological polar surface area (TPSA) is 16.1 Å². The van der Waals surface area contributed by atoms with Gasteiger partial charge in [0.25, 0.3) is 0 Å². The molecule has 55 heavy (non-hydrogen) atoms. The highest BCUT2D eigenvalue weighted by molar-refractivity contribution is 7.26. The summed E-state index contributed by atoms with van der Waals surface area (Å²) in [4.78, 5) is 7.56. The van der Waals surface area contributed by atoms with Gasteiger partial charge in [-0.25, -0.2) is 4.98 Å². The summed E-state index contributed by atoms with van der Waals surface area (Å²) in [6, 6.07) is 69.1. The molecule has 2 nitrogen and oxygen atoms in total. The monoisotopic (exact) mass is 716 g/mol. The molecular formula is C52H32N2S. The fraction of sp³-hybridized carbons (Fsp3) is 0.0192. The van der Waals surface area contributed by atoms with Crippen molar-refractivity contribution in [2.75, 3.05) is 4.90 Å². The van der Waals surface area contributed by atoms with E-state index in [1.807, 2.05) is 11.3 Å². The van der Waals surface area contributed by atoms with E-state index in [1.54, 1.807) is 0 Å². The van der Waals surface area contributed by atoms with Crippen LogP contribution in [-0.4, -0.2) is 4.98 Å². The molecular weight excluding hydrogens is 685 g/mol. The molecule has 12 rings (SSSR count). The van der Waals surface area contributed by atoms with Crippen LogP contribution < -0.4 is 4.90 Å². The lowest BCUT2D eigenvalue weighted by molar-refractivity contribution is 0.794. The molecule has 0 atom stereocenters. The molecule has 10 aromatic rings. The van der Waals surface area contributed by atoms with Crippen LogP contribution in [0.3, 0.4) is 0 Å². The Morgan fingerprint density at radius 1 is 0.418 bits per heavy atom. The van der Waals surface area contributed by atoms with Crippen molar-refractivity contribution in [3.63, 3.8) is 0 Å². The van der Waals surface area contributed by atoms with Gasteiger partial charge < -0.3 is 0 Å². The standard InChI is InChI=1S/C52H32N2S/c1-2-12-33(13-3-1)34-22-25-36(26-23-34)54(50-31-44-42-28-24-35-14-4-5-15-38(35)51(42)55-49(44)32-53-50)37-27-29-48-43(30-37)41-18-8-11-21-47(41)52(48)45-19-9-6-16-39(45)40-17-7-10-20-46(40)52/h1-32H. The Morgan fingerprint density at radius 3 is 1.73 bits per heavy atom.